The Labute approximate surface area is 316 Å². The molecule has 0 aliphatic rings. The molecule has 0 amide bonds. The van der Waals surface area contributed by atoms with Crippen LogP contribution in [-0.2, 0) is 4.74 Å². The third-order valence-electron chi connectivity index (χ3n) is 2.34. The average Bonchev–Trinajstić information content (AvgIpc) is 4.15. The van der Waals surface area contributed by atoms with Gasteiger partial charge in [0.1, 0.15) is 19.0 Å². The van der Waals surface area contributed by atoms with Crippen LogP contribution in [0.4, 0.5) is 9.59 Å². The number of imidazole rings is 3. The highest BCUT2D eigenvalue weighted by Crippen LogP contribution is 1.92. The fourth-order valence-corrected chi connectivity index (χ4v) is 1.35. The molecule has 0 aromatic carbocycles. The normalized spacial score (nSPS) is 5.49. The smallest absolute Gasteiger partial charge is 0.418 e. The molecule has 0 aliphatic carbocycles. The molecule has 3 heterocycles. The van der Waals surface area contributed by atoms with Crippen LogP contribution in [0.5, 0.6) is 0 Å². The van der Waals surface area contributed by atoms with Crippen LogP contribution in [-0.4, -0.2) is 231 Å². The van der Waals surface area contributed by atoms with E-state index in [1.807, 2.05) is 0 Å². The second-order valence-corrected chi connectivity index (χ2v) is 3.66. The van der Waals surface area contributed by atoms with Gasteiger partial charge in [-0.25, -0.2) is 29.1 Å². The van der Waals surface area contributed by atoms with Gasteiger partial charge in [-0.15, -0.1) is 0 Å². The first kappa shape index (κ1) is 104. The number of carbonyl (C=O) groups is 2. The Morgan fingerprint density at radius 1 is 0.377 bits per heavy atom. The summed E-state index contributed by atoms with van der Waals surface area (Å²) in [6.45, 7) is 0. The minimum atomic E-state index is -0.424. The molecule has 0 aliphatic heterocycles. The molecule has 0 radical (unpaired) electrons. The summed E-state index contributed by atoms with van der Waals surface area (Å²) in [5, 5.41) is 105. The second kappa shape index (κ2) is 183. The number of hydrogen-bond donors (Lipinski definition) is 15. The van der Waals surface area contributed by atoms with Gasteiger partial charge in [0.2, 0.25) is 0 Å². The molecule has 0 fully saturated rings. The van der Waals surface area contributed by atoms with E-state index in [-0.39, 0.29) is 20.9 Å². The summed E-state index contributed by atoms with van der Waals surface area (Å²) in [6, 6.07) is -0.190. The molecule has 3 rings (SSSR count). The first-order valence-electron chi connectivity index (χ1n) is 12.5. The Bertz CT molecular complexity index is 680. The maximum Gasteiger partial charge on any atom is 0.418 e. The molecule has 15 N–H and O–H groups in total. The highest BCUT2D eigenvalue weighted by Gasteiger charge is 2.03. The molecule has 3 aromatic rings. The Morgan fingerprint density at radius 2 is 0.547 bits per heavy atom. The highest BCUT2D eigenvalue weighted by molar-refractivity contribution is 5.78. The van der Waals surface area contributed by atoms with Gasteiger partial charge in [-0.1, -0.05) is 14.9 Å². The van der Waals surface area contributed by atoms with Gasteiger partial charge in [-0.05, 0) is 0 Å². The van der Waals surface area contributed by atoms with E-state index in [0.29, 0.717) is 0 Å². The minimum Gasteiger partial charge on any atom is -0.452 e. The molecular weight excluding hydrogens is 720 g/mol. The molecule has 0 spiro atoms. The summed E-state index contributed by atoms with van der Waals surface area (Å²) < 4.78 is 8.38. The summed E-state index contributed by atoms with van der Waals surface area (Å²) in [6.07, 6.45) is 13.2. The topological polar surface area (TPSA) is 400 Å². The molecule has 334 valence electrons. The van der Waals surface area contributed by atoms with Crippen molar-refractivity contribution >= 4 is 12.1 Å². The van der Waals surface area contributed by atoms with Gasteiger partial charge in [-0.3, -0.25) is 9.13 Å². The minimum absolute atomic E-state index is 0. The van der Waals surface area contributed by atoms with Crippen LogP contribution in [0.2, 0.25) is 0 Å². The molecule has 53 heavy (non-hydrogen) atoms. The van der Waals surface area contributed by atoms with Crippen LogP contribution < -0.4 is 0 Å². The fourth-order valence-electron chi connectivity index (χ4n) is 1.35. The number of ether oxygens (including phenoxy) is 1. The fraction of sp³-hybridized carbons (Fsp3) is 0.621. The zero-order valence-electron chi connectivity index (χ0n) is 32.8. The van der Waals surface area contributed by atoms with Crippen molar-refractivity contribution in [2.75, 3.05) is 114 Å². The maximum absolute atomic E-state index is 11.4. The molecule has 0 saturated heterocycles. The predicted octanol–water partition coefficient (Wildman–Crippen LogP) is -3.51. The maximum atomic E-state index is 11.4. The van der Waals surface area contributed by atoms with Crippen LogP contribution >= 0.6 is 0 Å². The van der Waals surface area contributed by atoms with E-state index in [1.165, 1.54) is 52.2 Å². The van der Waals surface area contributed by atoms with Crippen LogP contribution in [0, 0.1) is 0 Å². The number of hydrogen-bond acceptors (Lipinski definition) is 21. The zero-order chi connectivity index (χ0) is 45.1. The summed E-state index contributed by atoms with van der Waals surface area (Å²) in [5.74, 6) is 0. The largest absolute Gasteiger partial charge is 0.452 e. The van der Waals surface area contributed by atoms with Crippen molar-refractivity contribution in [3.8, 4) is 0 Å². The highest BCUT2D eigenvalue weighted by atomic mass is 16.5. The van der Waals surface area contributed by atoms with Crippen LogP contribution in [0.1, 0.15) is 14.9 Å². The first-order chi connectivity index (χ1) is 25.2. The third-order valence-corrected chi connectivity index (χ3v) is 2.34. The lowest BCUT2D eigenvalue weighted by Crippen LogP contribution is -2.15. The Morgan fingerprint density at radius 3 is 0.679 bits per heavy atom. The van der Waals surface area contributed by atoms with Crippen LogP contribution in [0.15, 0.2) is 56.2 Å². The van der Waals surface area contributed by atoms with Crippen molar-refractivity contribution < 1.29 is 90.9 Å². The number of aliphatic hydroxyl groups excluding tert-OH is 15. The number of aliphatic hydroxyl groups is 15. The van der Waals surface area contributed by atoms with Crippen molar-refractivity contribution in [2.45, 2.75) is 14.9 Å². The number of aromatic nitrogens is 6. The third kappa shape index (κ3) is 106. The molecule has 24 nitrogen and oxygen atoms in total. The van der Waals surface area contributed by atoms with E-state index < -0.39 is 6.09 Å². The molecule has 0 unspecified atom stereocenters. The summed E-state index contributed by atoms with van der Waals surface area (Å²) in [4.78, 5) is 33.2. The van der Waals surface area contributed by atoms with Crippen molar-refractivity contribution in [3.05, 3.63) is 56.2 Å². The van der Waals surface area contributed by atoms with E-state index in [2.05, 4.69) is 19.7 Å². The van der Waals surface area contributed by atoms with E-state index in [0.717, 1.165) is 107 Å². The van der Waals surface area contributed by atoms with Gasteiger partial charge < -0.3 is 81.3 Å². The quantitative estimate of drug-likeness (QED) is 0.105. The van der Waals surface area contributed by atoms with E-state index in [1.54, 1.807) is 24.8 Å². The zero-order valence-corrected chi connectivity index (χ0v) is 32.8. The van der Waals surface area contributed by atoms with Crippen molar-refractivity contribution in [1.82, 2.24) is 28.7 Å². The van der Waals surface area contributed by atoms with E-state index in [9.17, 15) is 9.59 Å². The summed E-state index contributed by atoms with van der Waals surface area (Å²) >= 11 is 0. The Kier molecular flexibility index (Phi) is 359. The molecule has 0 atom stereocenters. The van der Waals surface area contributed by atoms with E-state index in [4.69, 9.17) is 76.6 Å². The van der Waals surface area contributed by atoms with Crippen molar-refractivity contribution in [3.63, 3.8) is 0 Å². The molecule has 24 heteroatoms. The predicted molar refractivity (Wildman–Crippen MR) is 206 cm³/mol. The first-order valence-corrected chi connectivity index (χ1v) is 12.5. The Hall–Kier alpha value is -3.83. The lowest BCUT2D eigenvalue weighted by atomic mass is 10.8. The van der Waals surface area contributed by atoms with Gasteiger partial charge in [0, 0.05) is 144 Å². The lowest BCUT2D eigenvalue weighted by Gasteiger charge is -1.98. The Balaban J connectivity index is -0.0000000216. The van der Waals surface area contributed by atoms with Crippen LogP contribution in [0.3, 0.4) is 0 Å². The lowest BCUT2D eigenvalue weighted by molar-refractivity contribution is 0.172. The summed E-state index contributed by atoms with van der Waals surface area (Å²) in [7, 11) is 16.3. The number of rotatable bonds is 0. The van der Waals surface area contributed by atoms with E-state index >= 15 is 0 Å². The van der Waals surface area contributed by atoms with Gasteiger partial charge in [0.25, 0.3) is 0 Å². The van der Waals surface area contributed by atoms with Gasteiger partial charge in [0.15, 0.2) is 0 Å². The number of methoxy groups -OCH3 is 1. The van der Waals surface area contributed by atoms with Crippen LogP contribution in [0.25, 0.3) is 0 Å². The average molecular weight is 801 g/mol. The number of carbonyl (C=O) groups excluding carboxylic acids is 2. The molecule has 0 saturated carbocycles. The second-order valence-electron chi connectivity index (χ2n) is 3.66. The molecule has 3 aromatic heterocycles. The standard InChI is InChI=1S/C7H6N4O.C5H6N2O2.15CH4O.2CH4/c12-7(10-3-1-8-5-10)11-4-2-9-6-11;1-9-5(8)7-3-2-6-4-7;15*1-2;;/h1-6H;2-4H,1H3;15*2H,1H3;2*1H4. The SMILES string of the molecule is C.C.CO.CO.CO.CO.CO.CO.CO.CO.CO.CO.CO.CO.CO.CO.CO.COC(=O)n1ccnc1.O=C(n1ccnc1)n1ccnc1. The number of nitrogens with zero attached hydrogens (tertiary/aromatic N) is 6. The van der Waals surface area contributed by atoms with Gasteiger partial charge in [-0.2, -0.15) is 0 Å². The molecule has 0 bridgehead atoms. The molecular formula is C29H80N6O18. The van der Waals surface area contributed by atoms with Crippen molar-refractivity contribution in [1.29, 1.82) is 0 Å². The van der Waals surface area contributed by atoms with Gasteiger partial charge in [0.05, 0.1) is 7.11 Å². The van der Waals surface area contributed by atoms with Crippen molar-refractivity contribution in [2.24, 2.45) is 0 Å². The van der Waals surface area contributed by atoms with Gasteiger partial charge >= 0.3 is 12.1 Å². The monoisotopic (exact) mass is 801 g/mol. The summed E-state index contributed by atoms with van der Waals surface area (Å²) in [5.41, 5.74) is 0.